The molecule has 0 bridgehead atoms. The lowest BCUT2D eigenvalue weighted by molar-refractivity contribution is -0.387. The van der Waals surface area contributed by atoms with Gasteiger partial charge >= 0.3 is 11.4 Å². The summed E-state index contributed by atoms with van der Waals surface area (Å²) < 4.78 is 14.6. The SMILES string of the molecule is CC(C)(O)Cn1c(=O)[nH]c2cc(F)c([N+](=O)[O-])cc21. The van der Waals surface area contributed by atoms with Gasteiger partial charge in [-0.05, 0) is 13.8 Å². The summed E-state index contributed by atoms with van der Waals surface area (Å²) in [5.41, 5.74) is -2.12. The van der Waals surface area contributed by atoms with E-state index in [0.29, 0.717) is 0 Å². The number of H-pyrrole nitrogens is 1. The van der Waals surface area contributed by atoms with E-state index in [1.807, 2.05) is 0 Å². The van der Waals surface area contributed by atoms with Gasteiger partial charge in [0.1, 0.15) is 0 Å². The molecule has 0 spiro atoms. The summed E-state index contributed by atoms with van der Waals surface area (Å²) in [6.07, 6.45) is 0. The van der Waals surface area contributed by atoms with Crippen molar-refractivity contribution in [1.82, 2.24) is 9.55 Å². The monoisotopic (exact) mass is 269 g/mol. The number of nitro groups is 1. The largest absolute Gasteiger partial charge is 0.389 e. The second-order valence-corrected chi connectivity index (χ2v) is 4.91. The maximum absolute atomic E-state index is 13.4. The van der Waals surface area contributed by atoms with Crippen molar-refractivity contribution in [1.29, 1.82) is 0 Å². The molecule has 0 aliphatic rings. The molecule has 1 aromatic heterocycles. The first-order chi connectivity index (χ1) is 8.69. The highest BCUT2D eigenvalue weighted by Gasteiger charge is 2.21. The van der Waals surface area contributed by atoms with Gasteiger partial charge < -0.3 is 10.1 Å². The van der Waals surface area contributed by atoms with Crippen LogP contribution in [0.2, 0.25) is 0 Å². The number of fused-ring (bicyclic) bond motifs is 1. The Kier molecular flexibility index (Phi) is 2.90. The molecule has 1 heterocycles. The smallest absolute Gasteiger partial charge is 0.326 e. The fraction of sp³-hybridized carbons (Fsp3) is 0.364. The van der Waals surface area contributed by atoms with Gasteiger partial charge in [-0.25, -0.2) is 4.79 Å². The summed E-state index contributed by atoms with van der Waals surface area (Å²) in [4.78, 5) is 23.9. The summed E-state index contributed by atoms with van der Waals surface area (Å²) in [6.45, 7) is 2.93. The number of aromatic nitrogens is 2. The molecule has 102 valence electrons. The first-order valence-corrected chi connectivity index (χ1v) is 5.48. The highest BCUT2D eigenvalue weighted by Crippen LogP contribution is 2.23. The maximum atomic E-state index is 13.4. The molecule has 0 aliphatic carbocycles. The Morgan fingerprint density at radius 2 is 2.16 bits per heavy atom. The predicted molar refractivity (Wildman–Crippen MR) is 65.5 cm³/mol. The number of nitrogens with one attached hydrogen (secondary N) is 1. The van der Waals surface area contributed by atoms with Gasteiger partial charge in [0.15, 0.2) is 0 Å². The van der Waals surface area contributed by atoms with Gasteiger partial charge in [0.2, 0.25) is 5.82 Å². The number of nitrogens with zero attached hydrogens (tertiary/aromatic N) is 2. The summed E-state index contributed by atoms with van der Waals surface area (Å²) in [5.74, 6) is -1.02. The van der Waals surface area contributed by atoms with Crippen LogP contribution in [0.4, 0.5) is 10.1 Å². The van der Waals surface area contributed by atoms with Crippen molar-refractivity contribution >= 4 is 16.7 Å². The zero-order valence-corrected chi connectivity index (χ0v) is 10.3. The van der Waals surface area contributed by atoms with Crippen LogP contribution < -0.4 is 5.69 Å². The van der Waals surface area contributed by atoms with E-state index in [-0.39, 0.29) is 17.6 Å². The minimum atomic E-state index is -1.18. The summed E-state index contributed by atoms with van der Waals surface area (Å²) in [6, 6.07) is 1.88. The molecule has 0 radical (unpaired) electrons. The third-order valence-electron chi connectivity index (χ3n) is 2.58. The van der Waals surface area contributed by atoms with Crippen molar-refractivity contribution in [3.8, 4) is 0 Å². The molecule has 1 aromatic carbocycles. The highest BCUT2D eigenvalue weighted by atomic mass is 19.1. The van der Waals surface area contributed by atoms with Gasteiger partial charge in [-0.2, -0.15) is 4.39 Å². The van der Waals surface area contributed by atoms with Crippen molar-refractivity contribution < 1.29 is 14.4 Å². The predicted octanol–water partition coefficient (Wildman–Crippen LogP) is 1.15. The molecule has 19 heavy (non-hydrogen) atoms. The van der Waals surface area contributed by atoms with Crippen molar-refractivity contribution in [3.63, 3.8) is 0 Å². The minimum absolute atomic E-state index is 0.0609. The fourth-order valence-corrected chi connectivity index (χ4v) is 1.85. The van der Waals surface area contributed by atoms with Crippen LogP contribution in [-0.2, 0) is 6.54 Å². The van der Waals surface area contributed by atoms with Crippen LogP contribution in [0.1, 0.15) is 13.8 Å². The van der Waals surface area contributed by atoms with Crippen LogP contribution in [0, 0.1) is 15.9 Å². The van der Waals surface area contributed by atoms with Gasteiger partial charge in [0, 0.05) is 12.1 Å². The number of halogens is 1. The Morgan fingerprint density at radius 1 is 1.53 bits per heavy atom. The van der Waals surface area contributed by atoms with Gasteiger partial charge in [0.25, 0.3) is 0 Å². The van der Waals surface area contributed by atoms with Crippen LogP contribution in [0.5, 0.6) is 0 Å². The van der Waals surface area contributed by atoms with E-state index in [9.17, 15) is 24.4 Å². The number of benzene rings is 1. The zero-order valence-electron chi connectivity index (χ0n) is 10.3. The van der Waals surface area contributed by atoms with Crippen molar-refractivity contribution in [2.24, 2.45) is 0 Å². The van der Waals surface area contributed by atoms with Crippen LogP contribution in [0.25, 0.3) is 11.0 Å². The number of aromatic amines is 1. The van der Waals surface area contributed by atoms with Gasteiger partial charge in [-0.3, -0.25) is 14.7 Å². The Bertz CT molecular complexity index is 711. The van der Waals surface area contributed by atoms with Gasteiger partial charge in [0.05, 0.1) is 28.1 Å². The van der Waals surface area contributed by atoms with Gasteiger partial charge in [-0.1, -0.05) is 0 Å². The van der Waals surface area contributed by atoms with Crippen molar-refractivity contribution in [2.45, 2.75) is 26.0 Å². The average molecular weight is 269 g/mol. The maximum Gasteiger partial charge on any atom is 0.326 e. The molecule has 0 saturated carbocycles. The second-order valence-electron chi connectivity index (χ2n) is 4.91. The molecular weight excluding hydrogens is 257 g/mol. The van der Waals surface area contributed by atoms with E-state index in [0.717, 1.165) is 16.7 Å². The number of imidazole rings is 1. The van der Waals surface area contributed by atoms with E-state index in [1.54, 1.807) is 0 Å². The van der Waals surface area contributed by atoms with Crippen LogP contribution in [0.3, 0.4) is 0 Å². The minimum Gasteiger partial charge on any atom is -0.389 e. The summed E-state index contributed by atoms with van der Waals surface area (Å²) in [7, 11) is 0. The van der Waals surface area contributed by atoms with Crippen LogP contribution in [0.15, 0.2) is 16.9 Å². The Morgan fingerprint density at radius 3 is 2.68 bits per heavy atom. The number of nitro benzene ring substituents is 1. The molecule has 0 saturated heterocycles. The lowest BCUT2D eigenvalue weighted by Gasteiger charge is -2.17. The third-order valence-corrected chi connectivity index (χ3v) is 2.58. The average Bonchev–Trinajstić information content (AvgIpc) is 2.51. The fourth-order valence-electron chi connectivity index (χ4n) is 1.85. The topological polar surface area (TPSA) is 101 Å². The van der Waals surface area contributed by atoms with E-state index < -0.39 is 27.7 Å². The normalized spacial score (nSPS) is 12.0. The number of hydrogen-bond donors (Lipinski definition) is 2. The molecule has 7 nitrogen and oxygen atoms in total. The zero-order chi connectivity index (χ0) is 14.4. The molecule has 0 aliphatic heterocycles. The summed E-state index contributed by atoms with van der Waals surface area (Å²) in [5, 5.41) is 20.4. The van der Waals surface area contributed by atoms with E-state index in [4.69, 9.17) is 0 Å². The lowest BCUT2D eigenvalue weighted by Crippen LogP contribution is -2.31. The number of aliphatic hydroxyl groups is 1. The summed E-state index contributed by atoms with van der Waals surface area (Å²) >= 11 is 0. The van der Waals surface area contributed by atoms with Crippen LogP contribution >= 0.6 is 0 Å². The first kappa shape index (κ1) is 13.2. The molecule has 2 rings (SSSR count). The Balaban J connectivity index is 2.71. The molecule has 0 unspecified atom stereocenters. The molecule has 2 N–H and O–H groups in total. The molecule has 0 atom stereocenters. The van der Waals surface area contributed by atoms with E-state index >= 15 is 0 Å². The van der Waals surface area contributed by atoms with Gasteiger partial charge in [-0.15, -0.1) is 0 Å². The highest BCUT2D eigenvalue weighted by molar-refractivity contribution is 5.78. The van der Waals surface area contributed by atoms with Crippen LogP contribution in [-0.4, -0.2) is 25.2 Å². The quantitative estimate of drug-likeness (QED) is 0.644. The first-order valence-electron chi connectivity index (χ1n) is 5.48. The molecule has 0 fully saturated rings. The molecule has 0 amide bonds. The lowest BCUT2D eigenvalue weighted by atomic mass is 10.1. The number of hydrogen-bond acceptors (Lipinski definition) is 4. The Labute approximate surface area is 106 Å². The Hall–Kier alpha value is -2.22. The molecule has 8 heteroatoms. The molecule has 2 aromatic rings. The van der Waals surface area contributed by atoms with E-state index in [1.165, 1.54) is 13.8 Å². The third kappa shape index (κ3) is 2.48. The second kappa shape index (κ2) is 4.16. The standard InChI is InChI=1S/C11H12FN3O4/c1-11(2,17)5-14-9-4-8(15(18)19)6(12)3-7(9)13-10(14)16/h3-4,17H,5H2,1-2H3,(H,13,16). The van der Waals surface area contributed by atoms with Crippen molar-refractivity contribution in [3.05, 3.63) is 38.5 Å². The van der Waals surface area contributed by atoms with Crippen molar-refractivity contribution in [2.75, 3.05) is 0 Å². The van der Waals surface area contributed by atoms with E-state index in [2.05, 4.69) is 4.98 Å². The molecular formula is C11H12FN3O4. The number of rotatable bonds is 3.